The quantitative estimate of drug-likeness (QED) is 0.723. The Morgan fingerprint density at radius 1 is 1.21 bits per heavy atom. The molecule has 0 bridgehead atoms. The largest absolute Gasteiger partial charge is 0.395 e. The number of hydroxylamine groups is 2. The standard InChI is InChI=1S/C12H8N2O5/c15-10-7-3-1-2-4-8(7)11(16)14(10)19-12(17)9-5-6-18-13-9/h1-4H,5-6H2. The van der Waals surface area contributed by atoms with E-state index in [1.54, 1.807) is 12.1 Å². The van der Waals surface area contributed by atoms with Crippen LogP contribution in [0.3, 0.4) is 0 Å². The SMILES string of the molecule is O=C(ON1C(=O)c2ccccc2C1=O)C1=NOCC1. The van der Waals surface area contributed by atoms with Crippen molar-refractivity contribution in [1.82, 2.24) is 5.06 Å². The third kappa shape index (κ3) is 1.75. The fourth-order valence-corrected chi connectivity index (χ4v) is 1.84. The van der Waals surface area contributed by atoms with Crippen molar-refractivity contribution in [1.29, 1.82) is 0 Å². The van der Waals surface area contributed by atoms with Crippen LogP contribution in [-0.4, -0.2) is 35.2 Å². The maximum absolute atomic E-state index is 11.9. The maximum atomic E-state index is 11.9. The molecule has 0 unspecified atom stereocenters. The van der Waals surface area contributed by atoms with Gasteiger partial charge in [-0.25, -0.2) is 4.79 Å². The summed E-state index contributed by atoms with van der Waals surface area (Å²) >= 11 is 0. The zero-order valence-corrected chi connectivity index (χ0v) is 9.66. The average molecular weight is 260 g/mol. The molecule has 0 radical (unpaired) electrons. The summed E-state index contributed by atoms with van der Waals surface area (Å²) in [6, 6.07) is 6.26. The van der Waals surface area contributed by atoms with E-state index in [0.717, 1.165) is 0 Å². The van der Waals surface area contributed by atoms with Crippen LogP contribution in [0.25, 0.3) is 0 Å². The van der Waals surface area contributed by atoms with Gasteiger partial charge in [0.25, 0.3) is 11.8 Å². The van der Waals surface area contributed by atoms with Gasteiger partial charge < -0.3 is 9.68 Å². The number of benzene rings is 1. The Hall–Kier alpha value is -2.70. The van der Waals surface area contributed by atoms with Crippen LogP contribution in [-0.2, 0) is 14.5 Å². The van der Waals surface area contributed by atoms with E-state index in [1.807, 2.05) is 0 Å². The highest BCUT2D eigenvalue weighted by Crippen LogP contribution is 2.22. The van der Waals surface area contributed by atoms with Gasteiger partial charge in [0, 0.05) is 6.42 Å². The van der Waals surface area contributed by atoms with E-state index in [2.05, 4.69) is 9.99 Å². The van der Waals surface area contributed by atoms with Gasteiger partial charge in [0.2, 0.25) is 0 Å². The summed E-state index contributed by atoms with van der Waals surface area (Å²) in [5.74, 6) is -2.17. The predicted octanol–water partition coefficient (Wildman–Crippen LogP) is 0.517. The second-order valence-electron chi connectivity index (χ2n) is 3.95. The molecule has 7 heteroatoms. The molecule has 0 spiro atoms. The lowest BCUT2D eigenvalue weighted by molar-refractivity contribution is -0.159. The first-order valence-electron chi connectivity index (χ1n) is 5.57. The van der Waals surface area contributed by atoms with Crippen molar-refractivity contribution < 1.29 is 24.1 Å². The van der Waals surface area contributed by atoms with E-state index in [9.17, 15) is 14.4 Å². The molecule has 19 heavy (non-hydrogen) atoms. The van der Waals surface area contributed by atoms with Crippen LogP contribution in [0.4, 0.5) is 0 Å². The minimum absolute atomic E-state index is 0.0524. The molecule has 7 nitrogen and oxygen atoms in total. The van der Waals surface area contributed by atoms with Gasteiger partial charge in [0.1, 0.15) is 6.61 Å². The zero-order chi connectivity index (χ0) is 13.4. The molecule has 0 saturated heterocycles. The van der Waals surface area contributed by atoms with Gasteiger partial charge in [0.15, 0.2) is 5.71 Å². The van der Waals surface area contributed by atoms with Crippen LogP contribution in [0.2, 0.25) is 0 Å². The Balaban J connectivity index is 1.82. The topological polar surface area (TPSA) is 85.3 Å². The van der Waals surface area contributed by atoms with Crippen molar-refractivity contribution in [3.05, 3.63) is 35.4 Å². The maximum Gasteiger partial charge on any atom is 0.381 e. The van der Waals surface area contributed by atoms with Crippen molar-refractivity contribution in [2.75, 3.05) is 6.61 Å². The Morgan fingerprint density at radius 2 is 1.84 bits per heavy atom. The predicted molar refractivity (Wildman–Crippen MR) is 61.0 cm³/mol. The third-order valence-corrected chi connectivity index (χ3v) is 2.77. The summed E-state index contributed by atoms with van der Waals surface area (Å²) in [6.45, 7) is 0.284. The van der Waals surface area contributed by atoms with Crippen molar-refractivity contribution >= 4 is 23.5 Å². The highest BCUT2D eigenvalue weighted by molar-refractivity contribution is 6.37. The monoisotopic (exact) mass is 260 g/mol. The van der Waals surface area contributed by atoms with Crippen molar-refractivity contribution in [2.24, 2.45) is 5.16 Å². The fraction of sp³-hybridized carbons (Fsp3) is 0.167. The molecule has 3 rings (SSSR count). The summed E-state index contributed by atoms with van der Waals surface area (Å²) in [5, 5.41) is 3.92. The number of carbonyl (C=O) groups is 3. The van der Waals surface area contributed by atoms with E-state index in [-0.39, 0.29) is 23.4 Å². The van der Waals surface area contributed by atoms with Gasteiger partial charge >= 0.3 is 5.97 Å². The first-order chi connectivity index (χ1) is 9.18. The number of nitrogens with zero attached hydrogens (tertiary/aromatic N) is 2. The molecule has 2 heterocycles. The zero-order valence-electron chi connectivity index (χ0n) is 9.66. The van der Waals surface area contributed by atoms with E-state index in [1.165, 1.54) is 12.1 Å². The lowest BCUT2D eigenvalue weighted by atomic mass is 10.1. The molecule has 1 aromatic rings. The number of hydrogen-bond donors (Lipinski definition) is 0. The summed E-state index contributed by atoms with van der Waals surface area (Å²) in [7, 11) is 0. The van der Waals surface area contributed by atoms with E-state index >= 15 is 0 Å². The lowest BCUT2D eigenvalue weighted by Crippen LogP contribution is -2.35. The number of hydrogen-bond acceptors (Lipinski definition) is 6. The van der Waals surface area contributed by atoms with Crippen LogP contribution >= 0.6 is 0 Å². The van der Waals surface area contributed by atoms with Crippen LogP contribution in [0.15, 0.2) is 29.4 Å². The van der Waals surface area contributed by atoms with Crippen LogP contribution < -0.4 is 0 Å². The molecule has 0 N–H and O–H groups in total. The molecule has 0 fully saturated rings. The first-order valence-corrected chi connectivity index (χ1v) is 5.57. The number of oxime groups is 1. The van der Waals surface area contributed by atoms with Gasteiger partial charge in [0.05, 0.1) is 11.1 Å². The lowest BCUT2D eigenvalue weighted by Gasteiger charge is -2.11. The van der Waals surface area contributed by atoms with Crippen molar-refractivity contribution in [2.45, 2.75) is 6.42 Å². The smallest absolute Gasteiger partial charge is 0.381 e. The summed E-state index contributed by atoms with van der Waals surface area (Å²) in [4.78, 5) is 44.9. The second kappa shape index (κ2) is 4.20. The molecule has 0 atom stereocenters. The summed E-state index contributed by atoms with van der Waals surface area (Å²) in [6.07, 6.45) is 0.294. The average Bonchev–Trinajstić information content (AvgIpc) is 3.03. The van der Waals surface area contributed by atoms with Gasteiger partial charge in [-0.3, -0.25) is 9.59 Å². The third-order valence-electron chi connectivity index (χ3n) is 2.77. The van der Waals surface area contributed by atoms with Crippen LogP contribution in [0.5, 0.6) is 0 Å². The normalized spacial score (nSPS) is 17.1. The molecule has 0 aliphatic carbocycles. The fourth-order valence-electron chi connectivity index (χ4n) is 1.84. The van der Waals surface area contributed by atoms with Crippen molar-refractivity contribution in [3.8, 4) is 0 Å². The Morgan fingerprint density at radius 3 is 2.37 bits per heavy atom. The number of rotatable bonds is 2. The molecule has 2 amide bonds. The number of amides is 2. The molecule has 0 aromatic heterocycles. The second-order valence-corrected chi connectivity index (χ2v) is 3.95. The number of carbonyl (C=O) groups excluding carboxylic acids is 3. The van der Waals surface area contributed by atoms with E-state index < -0.39 is 17.8 Å². The van der Waals surface area contributed by atoms with Gasteiger partial charge in [-0.1, -0.05) is 22.4 Å². The number of fused-ring (bicyclic) bond motifs is 1. The molecule has 0 saturated carbocycles. The van der Waals surface area contributed by atoms with Gasteiger partial charge in [-0.15, -0.1) is 0 Å². The minimum Gasteiger partial charge on any atom is -0.395 e. The van der Waals surface area contributed by atoms with Gasteiger partial charge in [-0.05, 0) is 12.1 Å². The minimum atomic E-state index is -0.855. The van der Waals surface area contributed by atoms with Gasteiger partial charge in [-0.2, -0.15) is 0 Å². The Bertz CT molecular complexity index is 587. The Kier molecular flexibility index (Phi) is 2.52. The first kappa shape index (κ1) is 11.4. The molecule has 2 aliphatic rings. The van der Waals surface area contributed by atoms with Crippen LogP contribution in [0, 0.1) is 0 Å². The summed E-state index contributed by atoms with van der Waals surface area (Å²) in [5.41, 5.74) is 0.478. The molecule has 1 aromatic carbocycles. The van der Waals surface area contributed by atoms with E-state index in [4.69, 9.17) is 4.84 Å². The molecular formula is C12H8N2O5. The Labute approximate surface area is 107 Å². The molecule has 2 aliphatic heterocycles. The van der Waals surface area contributed by atoms with E-state index in [0.29, 0.717) is 11.5 Å². The van der Waals surface area contributed by atoms with Crippen LogP contribution in [0.1, 0.15) is 27.1 Å². The highest BCUT2D eigenvalue weighted by Gasteiger charge is 2.39. The van der Waals surface area contributed by atoms with Crippen molar-refractivity contribution in [3.63, 3.8) is 0 Å². The molecular weight excluding hydrogens is 252 g/mol. The molecule has 96 valence electrons. The highest BCUT2D eigenvalue weighted by atomic mass is 16.7. The summed E-state index contributed by atoms with van der Waals surface area (Å²) < 4.78 is 0. The number of imide groups is 1.